The summed E-state index contributed by atoms with van der Waals surface area (Å²) in [6.07, 6.45) is 0. The number of benzene rings is 2. The molecule has 0 saturated heterocycles. The summed E-state index contributed by atoms with van der Waals surface area (Å²) in [7, 11) is 2.66. The Morgan fingerprint density at radius 1 is 1.14 bits per heavy atom. The molecular formula is C24H25BrN4O5S. The number of aryl methyl sites for hydroxylation is 1. The number of aromatic nitrogens is 2. The van der Waals surface area contributed by atoms with E-state index in [0.717, 1.165) is 30.9 Å². The first-order chi connectivity index (χ1) is 16.6. The van der Waals surface area contributed by atoms with Crippen LogP contribution in [0, 0.1) is 6.92 Å². The second kappa shape index (κ2) is 11.4. The molecule has 0 radical (unpaired) electrons. The van der Waals surface area contributed by atoms with E-state index in [4.69, 9.17) is 4.74 Å². The molecule has 0 aliphatic carbocycles. The number of thioether (sulfide) groups is 1. The van der Waals surface area contributed by atoms with E-state index in [1.165, 1.54) is 14.1 Å². The van der Waals surface area contributed by atoms with Gasteiger partial charge in [-0.2, -0.15) is 0 Å². The molecule has 0 spiro atoms. The van der Waals surface area contributed by atoms with Crippen LogP contribution in [-0.4, -0.2) is 37.6 Å². The molecule has 0 unspecified atom stereocenters. The van der Waals surface area contributed by atoms with Crippen LogP contribution in [0.5, 0.6) is 11.6 Å². The molecular weight excluding hydrogens is 536 g/mol. The summed E-state index contributed by atoms with van der Waals surface area (Å²) in [5.74, 6) is -0.279. The van der Waals surface area contributed by atoms with E-state index in [1.54, 1.807) is 30.3 Å². The smallest absolute Gasteiger partial charge is 0.333 e. The fourth-order valence-corrected chi connectivity index (χ4v) is 4.21. The zero-order valence-corrected chi connectivity index (χ0v) is 22.1. The minimum atomic E-state index is -0.716. The summed E-state index contributed by atoms with van der Waals surface area (Å²) in [5, 5.41) is 13.5. The number of ether oxygens (including phenoxy) is 1. The predicted molar refractivity (Wildman–Crippen MR) is 142 cm³/mol. The molecule has 1 heterocycles. The van der Waals surface area contributed by atoms with Crippen molar-refractivity contribution in [1.29, 1.82) is 0 Å². The standard InChI is InChI=1S/C24H25BrN4O5S/c1-5-34-17-9-6-15(7-10-17)27-21(20-22(31)28(3)24(33)29(4)23(20)32)35-13-19(30)26-16-8-11-18(25)14(2)12-16/h6-12,31H,5,13H2,1-4H3,(H,26,30). The van der Waals surface area contributed by atoms with Crippen molar-refractivity contribution >= 4 is 50.0 Å². The van der Waals surface area contributed by atoms with Crippen LogP contribution in [-0.2, 0) is 18.9 Å². The van der Waals surface area contributed by atoms with E-state index in [0.29, 0.717) is 23.7 Å². The van der Waals surface area contributed by atoms with Crippen LogP contribution in [0.4, 0.5) is 11.4 Å². The highest BCUT2D eigenvalue weighted by Gasteiger charge is 2.22. The van der Waals surface area contributed by atoms with Crippen molar-refractivity contribution in [2.45, 2.75) is 13.8 Å². The lowest BCUT2D eigenvalue weighted by Gasteiger charge is -2.13. The fourth-order valence-electron chi connectivity index (χ4n) is 3.14. The van der Waals surface area contributed by atoms with E-state index in [1.807, 2.05) is 26.0 Å². The normalized spacial score (nSPS) is 11.4. The molecule has 0 aliphatic heterocycles. The number of nitrogens with zero attached hydrogens (tertiary/aromatic N) is 3. The molecule has 1 aromatic heterocycles. The molecule has 184 valence electrons. The Kier molecular flexibility index (Phi) is 8.57. The summed E-state index contributed by atoms with van der Waals surface area (Å²) in [5.41, 5.74) is 0.515. The van der Waals surface area contributed by atoms with Crippen LogP contribution in [0.3, 0.4) is 0 Å². The molecule has 0 bridgehead atoms. The van der Waals surface area contributed by atoms with Gasteiger partial charge in [0.15, 0.2) is 0 Å². The molecule has 3 aromatic rings. The molecule has 9 nitrogen and oxygen atoms in total. The molecule has 35 heavy (non-hydrogen) atoms. The maximum Gasteiger partial charge on any atom is 0.333 e. The highest BCUT2D eigenvalue weighted by molar-refractivity contribution is 9.10. The third kappa shape index (κ3) is 6.23. The average molecular weight is 561 g/mol. The number of amides is 1. The van der Waals surface area contributed by atoms with Gasteiger partial charge in [-0.25, -0.2) is 9.79 Å². The third-order valence-electron chi connectivity index (χ3n) is 5.01. The number of halogens is 1. The zero-order chi connectivity index (χ0) is 25.7. The van der Waals surface area contributed by atoms with E-state index >= 15 is 0 Å². The Balaban J connectivity index is 1.96. The minimum Gasteiger partial charge on any atom is -0.494 e. The quantitative estimate of drug-likeness (QED) is 0.336. The van der Waals surface area contributed by atoms with Gasteiger partial charge < -0.3 is 15.2 Å². The zero-order valence-electron chi connectivity index (χ0n) is 19.7. The van der Waals surface area contributed by atoms with Crippen molar-refractivity contribution in [1.82, 2.24) is 9.13 Å². The lowest BCUT2D eigenvalue weighted by Crippen LogP contribution is -2.39. The van der Waals surface area contributed by atoms with Gasteiger partial charge in [0.1, 0.15) is 16.4 Å². The number of aromatic hydroxyl groups is 1. The van der Waals surface area contributed by atoms with Crippen molar-refractivity contribution in [3.05, 3.63) is 78.9 Å². The van der Waals surface area contributed by atoms with Crippen molar-refractivity contribution in [3.63, 3.8) is 0 Å². The second-order valence-electron chi connectivity index (χ2n) is 7.55. The first-order valence-electron chi connectivity index (χ1n) is 10.6. The number of hydrogen-bond acceptors (Lipinski definition) is 7. The summed E-state index contributed by atoms with van der Waals surface area (Å²) in [6.45, 7) is 4.30. The van der Waals surface area contributed by atoms with Gasteiger partial charge in [0.2, 0.25) is 11.8 Å². The maximum atomic E-state index is 12.9. The SMILES string of the molecule is CCOc1ccc(N=C(SCC(=O)Nc2ccc(Br)c(C)c2)c2c(O)n(C)c(=O)n(C)c2=O)cc1. The van der Waals surface area contributed by atoms with Crippen molar-refractivity contribution < 1.29 is 14.6 Å². The molecule has 3 rings (SSSR count). The number of carbonyl (C=O) groups is 1. The average Bonchev–Trinajstić information content (AvgIpc) is 2.83. The maximum absolute atomic E-state index is 12.9. The van der Waals surface area contributed by atoms with Crippen molar-refractivity contribution in [2.75, 3.05) is 17.7 Å². The molecule has 0 atom stereocenters. The Bertz CT molecular complexity index is 1400. The van der Waals surface area contributed by atoms with Crippen LogP contribution in [0.2, 0.25) is 0 Å². The summed E-state index contributed by atoms with van der Waals surface area (Å²) < 4.78 is 8.21. The van der Waals surface area contributed by atoms with Gasteiger partial charge in [-0.15, -0.1) is 0 Å². The summed E-state index contributed by atoms with van der Waals surface area (Å²) in [6, 6.07) is 12.3. The van der Waals surface area contributed by atoms with Gasteiger partial charge in [0.05, 0.1) is 18.0 Å². The van der Waals surface area contributed by atoms with Crippen LogP contribution in [0.1, 0.15) is 18.1 Å². The van der Waals surface area contributed by atoms with Gasteiger partial charge in [-0.05, 0) is 61.9 Å². The highest BCUT2D eigenvalue weighted by Crippen LogP contribution is 2.25. The number of nitrogens with one attached hydrogen (secondary N) is 1. The number of carbonyl (C=O) groups excluding carboxylic acids is 1. The number of rotatable bonds is 7. The number of anilines is 1. The van der Waals surface area contributed by atoms with Gasteiger partial charge in [0, 0.05) is 24.3 Å². The van der Waals surface area contributed by atoms with Crippen LogP contribution in [0.25, 0.3) is 0 Å². The monoisotopic (exact) mass is 560 g/mol. The Hall–Kier alpha value is -3.31. The van der Waals surface area contributed by atoms with E-state index < -0.39 is 17.1 Å². The predicted octanol–water partition coefficient (Wildman–Crippen LogP) is 3.71. The second-order valence-corrected chi connectivity index (χ2v) is 9.37. The molecule has 1 amide bonds. The first kappa shape index (κ1) is 26.3. The fraction of sp³-hybridized carbons (Fsp3) is 0.250. The lowest BCUT2D eigenvalue weighted by atomic mass is 10.2. The minimum absolute atomic E-state index is 0.0869. The molecule has 0 fully saturated rings. The van der Waals surface area contributed by atoms with E-state index in [2.05, 4.69) is 26.2 Å². The number of aliphatic imine (C=N–C) groups is 1. The molecule has 0 saturated carbocycles. The Morgan fingerprint density at radius 3 is 2.46 bits per heavy atom. The number of hydrogen-bond donors (Lipinski definition) is 2. The summed E-state index contributed by atoms with van der Waals surface area (Å²) >= 11 is 4.41. The van der Waals surface area contributed by atoms with E-state index in [9.17, 15) is 19.5 Å². The van der Waals surface area contributed by atoms with Gasteiger partial charge in [-0.1, -0.05) is 27.7 Å². The van der Waals surface area contributed by atoms with Crippen molar-refractivity contribution in [2.24, 2.45) is 19.1 Å². The van der Waals surface area contributed by atoms with Crippen LogP contribution < -0.4 is 21.3 Å². The van der Waals surface area contributed by atoms with Crippen LogP contribution in [0.15, 0.2) is 61.5 Å². The van der Waals surface area contributed by atoms with Crippen molar-refractivity contribution in [3.8, 4) is 11.6 Å². The molecule has 2 aromatic carbocycles. The Morgan fingerprint density at radius 2 is 1.83 bits per heavy atom. The molecule has 0 aliphatic rings. The van der Waals surface area contributed by atoms with E-state index in [-0.39, 0.29) is 22.3 Å². The molecule has 11 heteroatoms. The molecule has 2 N–H and O–H groups in total. The lowest BCUT2D eigenvalue weighted by molar-refractivity contribution is -0.113. The largest absolute Gasteiger partial charge is 0.494 e. The third-order valence-corrected chi connectivity index (χ3v) is 6.87. The summed E-state index contributed by atoms with van der Waals surface area (Å²) in [4.78, 5) is 42.3. The highest BCUT2D eigenvalue weighted by atomic mass is 79.9. The van der Waals surface area contributed by atoms with Gasteiger partial charge >= 0.3 is 5.69 Å². The topological polar surface area (TPSA) is 115 Å². The first-order valence-corrected chi connectivity index (χ1v) is 12.4. The Labute approximate surface area is 214 Å². The van der Waals surface area contributed by atoms with Gasteiger partial charge in [0.25, 0.3) is 5.56 Å². The van der Waals surface area contributed by atoms with Gasteiger partial charge in [-0.3, -0.25) is 18.7 Å². The van der Waals surface area contributed by atoms with Crippen LogP contribution >= 0.6 is 27.7 Å².